The van der Waals surface area contributed by atoms with Crippen LogP contribution in [0.1, 0.15) is 27.3 Å². The third-order valence-corrected chi connectivity index (χ3v) is 5.58. The van der Waals surface area contributed by atoms with Crippen LogP contribution in [0.3, 0.4) is 0 Å². The number of amides is 2. The Labute approximate surface area is 187 Å². The highest BCUT2D eigenvalue weighted by Gasteiger charge is 2.18. The van der Waals surface area contributed by atoms with E-state index >= 15 is 0 Å². The van der Waals surface area contributed by atoms with Crippen LogP contribution < -0.4 is 10.2 Å². The van der Waals surface area contributed by atoms with Crippen LogP contribution >= 0.6 is 0 Å². The van der Waals surface area contributed by atoms with Crippen molar-refractivity contribution in [3.8, 4) is 0 Å². The van der Waals surface area contributed by atoms with Crippen molar-refractivity contribution in [2.75, 3.05) is 11.9 Å². The standard InChI is InChI=1S/C26H26N4O2/c1-18-13-14-21(19(2)15-18)26(32)27-16-24-28-22-11-7-8-12-23(22)30(24)17-25(31)29(3)20-9-5-4-6-10-20/h4-15H,16-17H2,1-3H3,(H,27,32). The number of benzene rings is 3. The first kappa shape index (κ1) is 21.3. The number of aromatic nitrogens is 2. The summed E-state index contributed by atoms with van der Waals surface area (Å²) in [6.07, 6.45) is 0. The molecular weight excluding hydrogens is 400 g/mol. The molecule has 162 valence electrons. The fourth-order valence-electron chi connectivity index (χ4n) is 3.80. The van der Waals surface area contributed by atoms with E-state index in [0.29, 0.717) is 11.4 Å². The van der Waals surface area contributed by atoms with Gasteiger partial charge < -0.3 is 14.8 Å². The van der Waals surface area contributed by atoms with Crippen LogP contribution in [0.2, 0.25) is 0 Å². The van der Waals surface area contributed by atoms with Crippen LogP contribution in [-0.4, -0.2) is 28.4 Å². The molecule has 4 aromatic rings. The molecule has 0 radical (unpaired) electrons. The number of likely N-dealkylation sites (N-methyl/N-ethyl adjacent to an activating group) is 1. The summed E-state index contributed by atoms with van der Waals surface area (Å²) < 4.78 is 1.87. The zero-order valence-corrected chi connectivity index (χ0v) is 18.5. The van der Waals surface area contributed by atoms with Crippen molar-refractivity contribution < 1.29 is 9.59 Å². The van der Waals surface area contributed by atoms with Gasteiger partial charge in [0.2, 0.25) is 5.91 Å². The highest BCUT2D eigenvalue weighted by atomic mass is 16.2. The van der Waals surface area contributed by atoms with Crippen molar-refractivity contribution >= 4 is 28.5 Å². The van der Waals surface area contributed by atoms with Crippen molar-refractivity contribution in [1.29, 1.82) is 0 Å². The van der Waals surface area contributed by atoms with Crippen molar-refractivity contribution in [3.63, 3.8) is 0 Å². The first-order chi connectivity index (χ1) is 15.4. The number of hydrogen-bond acceptors (Lipinski definition) is 3. The normalized spacial score (nSPS) is 10.8. The minimum absolute atomic E-state index is 0.0682. The molecule has 1 N–H and O–H groups in total. The Hall–Kier alpha value is -3.93. The number of fused-ring (bicyclic) bond motifs is 1. The smallest absolute Gasteiger partial charge is 0.251 e. The van der Waals surface area contributed by atoms with E-state index in [9.17, 15) is 9.59 Å². The maximum Gasteiger partial charge on any atom is 0.251 e. The summed E-state index contributed by atoms with van der Waals surface area (Å²) in [6.45, 7) is 4.28. The van der Waals surface area contributed by atoms with Gasteiger partial charge in [0, 0.05) is 18.3 Å². The zero-order chi connectivity index (χ0) is 22.7. The highest BCUT2D eigenvalue weighted by Crippen LogP contribution is 2.18. The van der Waals surface area contributed by atoms with E-state index in [1.54, 1.807) is 11.9 Å². The molecule has 1 heterocycles. The lowest BCUT2D eigenvalue weighted by molar-refractivity contribution is -0.118. The third kappa shape index (κ3) is 4.39. The minimum atomic E-state index is -0.158. The molecular formula is C26H26N4O2. The molecule has 0 fully saturated rings. The second-order valence-corrected chi connectivity index (χ2v) is 7.89. The lowest BCUT2D eigenvalue weighted by Crippen LogP contribution is -2.31. The van der Waals surface area contributed by atoms with Crippen LogP contribution in [0.5, 0.6) is 0 Å². The molecule has 0 unspecified atom stereocenters. The molecule has 0 aliphatic carbocycles. The van der Waals surface area contributed by atoms with Gasteiger partial charge in [-0.3, -0.25) is 9.59 Å². The third-order valence-electron chi connectivity index (χ3n) is 5.58. The molecule has 0 saturated heterocycles. The number of carbonyl (C=O) groups is 2. The highest BCUT2D eigenvalue weighted by molar-refractivity contribution is 5.96. The van der Waals surface area contributed by atoms with Crippen molar-refractivity contribution in [3.05, 3.63) is 95.3 Å². The number of hydrogen-bond donors (Lipinski definition) is 1. The molecule has 3 aromatic carbocycles. The van der Waals surface area contributed by atoms with Crippen LogP contribution in [0.15, 0.2) is 72.8 Å². The molecule has 2 amide bonds. The monoisotopic (exact) mass is 426 g/mol. The Morgan fingerprint density at radius 2 is 1.69 bits per heavy atom. The number of anilines is 1. The summed E-state index contributed by atoms with van der Waals surface area (Å²) in [5, 5.41) is 2.96. The van der Waals surface area contributed by atoms with Crippen LogP contribution in [0.4, 0.5) is 5.69 Å². The first-order valence-corrected chi connectivity index (χ1v) is 10.6. The predicted octanol–water partition coefficient (Wildman–Crippen LogP) is 4.25. The summed E-state index contributed by atoms with van der Waals surface area (Å²) in [6, 6.07) is 22.9. The average Bonchev–Trinajstić information content (AvgIpc) is 3.14. The van der Waals surface area contributed by atoms with Crippen molar-refractivity contribution in [2.45, 2.75) is 26.9 Å². The average molecular weight is 427 g/mol. The van der Waals surface area contributed by atoms with E-state index in [-0.39, 0.29) is 24.9 Å². The van der Waals surface area contributed by atoms with E-state index in [1.165, 1.54) is 0 Å². The van der Waals surface area contributed by atoms with Gasteiger partial charge in [0.15, 0.2) is 0 Å². The Morgan fingerprint density at radius 1 is 0.969 bits per heavy atom. The molecule has 0 saturated carbocycles. The quantitative estimate of drug-likeness (QED) is 0.501. The van der Waals surface area contributed by atoms with Crippen LogP contribution in [0.25, 0.3) is 11.0 Å². The van der Waals surface area contributed by atoms with Gasteiger partial charge in [-0.15, -0.1) is 0 Å². The maximum absolute atomic E-state index is 13.0. The summed E-state index contributed by atoms with van der Waals surface area (Å²) in [4.78, 5) is 32.1. The summed E-state index contributed by atoms with van der Waals surface area (Å²) >= 11 is 0. The number of carbonyl (C=O) groups excluding carboxylic acids is 2. The molecule has 0 atom stereocenters. The fraction of sp³-hybridized carbons (Fsp3) is 0.192. The lowest BCUT2D eigenvalue weighted by atomic mass is 10.1. The predicted molar refractivity (Wildman–Crippen MR) is 127 cm³/mol. The number of aryl methyl sites for hydroxylation is 2. The molecule has 32 heavy (non-hydrogen) atoms. The van der Waals surface area contributed by atoms with Gasteiger partial charge in [-0.1, -0.05) is 48.0 Å². The van der Waals surface area contributed by atoms with E-state index in [2.05, 4.69) is 10.3 Å². The Balaban J connectivity index is 1.57. The van der Waals surface area contributed by atoms with E-state index in [0.717, 1.165) is 27.8 Å². The molecule has 6 nitrogen and oxygen atoms in total. The first-order valence-electron chi connectivity index (χ1n) is 10.6. The van der Waals surface area contributed by atoms with Gasteiger partial charge in [-0.25, -0.2) is 4.98 Å². The second-order valence-electron chi connectivity index (χ2n) is 7.89. The van der Waals surface area contributed by atoms with Crippen molar-refractivity contribution in [2.24, 2.45) is 0 Å². The lowest BCUT2D eigenvalue weighted by Gasteiger charge is -2.19. The maximum atomic E-state index is 13.0. The molecule has 0 aliphatic heterocycles. The fourth-order valence-corrected chi connectivity index (χ4v) is 3.80. The summed E-state index contributed by atoms with van der Waals surface area (Å²) in [7, 11) is 1.76. The Morgan fingerprint density at radius 3 is 2.44 bits per heavy atom. The van der Waals surface area contributed by atoms with Gasteiger partial charge in [0.1, 0.15) is 12.4 Å². The number of imidazole rings is 1. The van der Waals surface area contributed by atoms with E-state index in [4.69, 9.17) is 0 Å². The second kappa shape index (κ2) is 9.06. The molecule has 6 heteroatoms. The van der Waals surface area contributed by atoms with Gasteiger partial charge in [-0.05, 0) is 49.7 Å². The number of nitrogens with zero attached hydrogens (tertiary/aromatic N) is 3. The van der Waals surface area contributed by atoms with Crippen LogP contribution in [0, 0.1) is 13.8 Å². The van der Waals surface area contributed by atoms with Crippen LogP contribution in [-0.2, 0) is 17.9 Å². The number of rotatable bonds is 6. The number of nitrogens with one attached hydrogen (secondary N) is 1. The topological polar surface area (TPSA) is 67.2 Å². The van der Waals surface area contributed by atoms with Gasteiger partial charge in [0.05, 0.1) is 17.6 Å². The van der Waals surface area contributed by atoms with Gasteiger partial charge >= 0.3 is 0 Å². The SMILES string of the molecule is Cc1ccc(C(=O)NCc2nc3ccccc3n2CC(=O)N(C)c2ccccc2)c(C)c1. The van der Waals surface area contributed by atoms with Gasteiger partial charge in [-0.2, -0.15) is 0 Å². The van der Waals surface area contributed by atoms with E-state index < -0.39 is 0 Å². The Kier molecular flexibility index (Phi) is 6.03. The summed E-state index contributed by atoms with van der Waals surface area (Å²) in [5.41, 5.74) is 5.15. The number of para-hydroxylation sites is 3. The van der Waals surface area contributed by atoms with Gasteiger partial charge in [0.25, 0.3) is 5.91 Å². The molecule has 0 bridgehead atoms. The molecule has 4 rings (SSSR count). The summed E-state index contributed by atoms with van der Waals surface area (Å²) in [5.74, 6) is 0.411. The van der Waals surface area contributed by atoms with E-state index in [1.807, 2.05) is 91.2 Å². The zero-order valence-electron chi connectivity index (χ0n) is 18.5. The Bertz CT molecular complexity index is 1280. The largest absolute Gasteiger partial charge is 0.345 e. The molecule has 0 aliphatic rings. The molecule has 0 spiro atoms. The minimum Gasteiger partial charge on any atom is -0.345 e. The van der Waals surface area contributed by atoms with Crippen molar-refractivity contribution in [1.82, 2.24) is 14.9 Å². The molecule has 1 aromatic heterocycles.